The molecule has 2 aliphatic heterocycles. The number of likely N-dealkylation sites (tertiary alicyclic amines) is 1. The van der Waals surface area contributed by atoms with Gasteiger partial charge in [0.2, 0.25) is 0 Å². The topological polar surface area (TPSA) is 125 Å². The summed E-state index contributed by atoms with van der Waals surface area (Å²) < 4.78 is 49.0. The number of aromatic nitrogens is 3. The number of amides is 3. The predicted molar refractivity (Wildman–Crippen MR) is 129 cm³/mol. The Morgan fingerprint density at radius 2 is 1.97 bits per heavy atom. The molecule has 2 aliphatic rings. The SMILES string of the molecule is Cn1cnc2c(C#N)nc(-c3ccc(OCCCN4CCC5(CC4)NC(=O)NC5=O)c(C(F)(F)F)c3)cc21. The van der Waals surface area contributed by atoms with Gasteiger partial charge in [-0.3, -0.25) is 10.1 Å². The van der Waals surface area contributed by atoms with Crippen molar-refractivity contribution in [2.45, 2.75) is 31.0 Å². The Morgan fingerprint density at radius 1 is 1.21 bits per heavy atom. The summed E-state index contributed by atoms with van der Waals surface area (Å²) in [4.78, 5) is 34.0. The van der Waals surface area contributed by atoms with Gasteiger partial charge >= 0.3 is 12.2 Å². The molecule has 1 spiro atoms. The van der Waals surface area contributed by atoms with Crippen molar-refractivity contribution in [1.82, 2.24) is 30.1 Å². The van der Waals surface area contributed by atoms with E-state index in [9.17, 15) is 28.0 Å². The van der Waals surface area contributed by atoms with E-state index in [2.05, 4.69) is 25.5 Å². The molecule has 10 nitrogen and oxygen atoms in total. The zero-order valence-electron chi connectivity index (χ0n) is 20.4. The van der Waals surface area contributed by atoms with Crippen molar-refractivity contribution >= 4 is 23.0 Å². The minimum Gasteiger partial charge on any atom is -0.493 e. The number of ether oxygens (including phenoxy) is 1. The molecule has 2 fully saturated rings. The van der Waals surface area contributed by atoms with Crippen molar-refractivity contribution in [2.24, 2.45) is 7.05 Å². The summed E-state index contributed by atoms with van der Waals surface area (Å²) in [5.74, 6) is -0.598. The van der Waals surface area contributed by atoms with E-state index in [4.69, 9.17) is 4.74 Å². The third-order valence-corrected chi connectivity index (χ3v) is 7.00. The summed E-state index contributed by atoms with van der Waals surface area (Å²) in [6.07, 6.45) is -1.73. The van der Waals surface area contributed by atoms with E-state index in [0.29, 0.717) is 49.9 Å². The fraction of sp³-hybridized carbons (Fsp3) is 0.400. The average molecular weight is 528 g/mol. The fourth-order valence-electron chi connectivity index (χ4n) is 4.90. The number of halogens is 3. The van der Waals surface area contributed by atoms with Crippen LogP contribution < -0.4 is 15.4 Å². The van der Waals surface area contributed by atoms with Crippen LogP contribution in [-0.2, 0) is 18.0 Å². The van der Waals surface area contributed by atoms with Gasteiger partial charge in [0.05, 0.1) is 29.7 Å². The van der Waals surface area contributed by atoms with Gasteiger partial charge in [-0.1, -0.05) is 0 Å². The summed E-state index contributed by atoms with van der Waals surface area (Å²) in [6.45, 7) is 1.81. The second-order valence-corrected chi connectivity index (χ2v) is 9.43. The minimum absolute atomic E-state index is 0.0339. The zero-order valence-corrected chi connectivity index (χ0v) is 20.4. The predicted octanol–water partition coefficient (Wildman–Crippen LogP) is 2.97. The van der Waals surface area contributed by atoms with E-state index >= 15 is 0 Å². The van der Waals surface area contributed by atoms with Gasteiger partial charge in [0, 0.05) is 32.2 Å². The highest BCUT2D eigenvalue weighted by Crippen LogP contribution is 2.39. The van der Waals surface area contributed by atoms with Crippen LogP contribution in [0.5, 0.6) is 5.75 Å². The Bertz CT molecular complexity index is 1450. The molecule has 2 saturated heterocycles. The number of pyridine rings is 1. The largest absolute Gasteiger partial charge is 0.493 e. The third-order valence-electron chi connectivity index (χ3n) is 7.00. The van der Waals surface area contributed by atoms with E-state index in [1.165, 1.54) is 18.5 Å². The maximum Gasteiger partial charge on any atom is 0.419 e. The van der Waals surface area contributed by atoms with Crippen molar-refractivity contribution in [2.75, 3.05) is 26.2 Å². The molecule has 3 amide bonds. The molecule has 198 valence electrons. The first-order chi connectivity index (χ1) is 18.1. The number of nitrogens with zero attached hydrogens (tertiary/aromatic N) is 5. The molecule has 2 aromatic heterocycles. The summed E-state index contributed by atoms with van der Waals surface area (Å²) in [5.41, 5.74) is -0.360. The highest BCUT2D eigenvalue weighted by atomic mass is 19.4. The maximum absolute atomic E-state index is 13.9. The molecular weight excluding hydrogens is 503 g/mol. The molecule has 0 saturated carbocycles. The van der Waals surface area contributed by atoms with E-state index in [1.54, 1.807) is 17.7 Å². The molecule has 0 unspecified atom stereocenters. The van der Waals surface area contributed by atoms with Gasteiger partial charge < -0.3 is 19.5 Å². The van der Waals surface area contributed by atoms with Crippen LogP contribution in [0.15, 0.2) is 30.6 Å². The molecule has 0 aliphatic carbocycles. The quantitative estimate of drug-likeness (QED) is 0.373. The molecule has 0 bridgehead atoms. The zero-order chi connectivity index (χ0) is 27.1. The van der Waals surface area contributed by atoms with E-state index < -0.39 is 23.3 Å². The van der Waals surface area contributed by atoms with E-state index in [0.717, 1.165) is 6.07 Å². The number of nitriles is 1. The van der Waals surface area contributed by atoms with Gasteiger partial charge in [-0.25, -0.2) is 14.8 Å². The van der Waals surface area contributed by atoms with Crippen LogP contribution in [0.3, 0.4) is 0 Å². The number of imidazole rings is 1. The molecule has 13 heteroatoms. The number of hydrogen-bond donors (Lipinski definition) is 2. The molecule has 1 aromatic carbocycles. The number of rotatable bonds is 6. The van der Waals surface area contributed by atoms with Crippen LogP contribution in [0.1, 0.15) is 30.5 Å². The lowest BCUT2D eigenvalue weighted by atomic mass is 9.88. The van der Waals surface area contributed by atoms with Crippen LogP contribution >= 0.6 is 0 Å². The monoisotopic (exact) mass is 527 g/mol. The van der Waals surface area contributed by atoms with Crippen LogP contribution in [0.25, 0.3) is 22.3 Å². The summed E-state index contributed by atoms with van der Waals surface area (Å²) >= 11 is 0. The Balaban J connectivity index is 1.25. The molecule has 4 heterocycles. The second kappa shape index (κ2) is 9.60. The summed E-state index contributed by atoms with van der Waals surface area (Å²) in [6, 6.07) is 6.80. The number of fused-ring (bicyclic) bond motifs is 1. The Hall–Kier alpha value is -4.18. The number of piperidine rings is 1. The first-order valence-electron chi connectivity index (χ1n) is 12.0. The summed E-state index contributed by atoms with van der Waals surface area (Å²) in [7, 11) is 1.73. The molecule has 3 aromatic rings. The van der Waals surface area contributed by atoms with Gasteiger partial charge in [-0.15, -0.1) is 0 Å². The first kappa shape index (κ1) is 25.5. The molecular formula is C25H24F3N7O3. The van der Waals surface area contributed by atoms with Crippen LogP contribution in [-0.4, -0.2) is 63.2 Å². The number of alkyl halides is 3. The molecule has 5 rings (SSSR count). The highest BCUT2D eigenvalue weighted by molar-refractivity contribution is 6.07. The Kier molecular flexibility index (Phi) is 6.44. The standard InChI is InChI=1S/C25H24F3N7O3/c1-34-14-30-21-18(13-29)31-17(12-19(21)34)15-3-4-20(16(11-15)25(26,27)28)38-10-2-7-35-8-5-24(6-9-35)22(36)32-23(37)33-24/h3-4,11-12,14H,2,5-10H2,1H3,(H2,32,33,36,37). The van der Waals surface area contributed by atoms with Gasteiger partial charge in [-0.05, 0) is 43.5 Å². The number of aryl methyl sites for hydroxylation is 1. The molecule has 2 N–H and O–H groups in total. The fourth-order valence-corrected chi connectivity index (χ4v) is 4.90. The number of urea groups is 1. The van der Waals surface area contributed by atoms with Gasteiger partial charge in [0.1, 0.15) is 22.9 Å². The maximum atomic E-state index is 13.9. The van der Waals surface area contributed by atoms with Crippen molar-refractivity contribution in [3.05, 3.63) is 41.9 Å². The van der Waals surface area contributed by atoms with E-state index in [-0.39, 0.29) is 35.2 Å². The van der Waals surface area contributed by atoms with Crippen molar-refractivity contribution < 1.29 is 27.5 Å². The van der Waals surface area contributed by atoms with Crippen molar-refractivity contribution in [1.29, 1.82) is 5.26 Å². The van der Waals surface area contributed by atoms with E-state index in [1.807, 2.05) is 6.07 Å². The second-order valence-electron chi connectivity index (χ2n) is 9.43. The lowest BCUT2D eigenvalue weighted by Crippen LogP contribution is -2.54. The smallest absolute Gasteiger partial charge is 0.419 e. The van der Waals surface area contributed by atoms with Crippen LogP contribution in [0.2, 0.25) is 0 Å². The lowest BCUT2D eigenvalue weighted by Gasteiger charge is -2.36. The van der Waals surface area contributed by atoms with Crippen LogP contribution in [0.4, 0.5) is 18.0 Å². The number of hydrogen-bond acceptors (Lipinski definition) is 7. The highest BCUT2D eigenvalue weighted by Gasteiger charge is 2.47. The number of benzene rings is 1. The van der Waals surface area contributed by atoms with Crippen LogP contribution in [0, 0.1) is 11.3 Å². The van der Waals surface area contributed by atoms with Gasteiger partial charge in [-0.2, -0.15) is 18.4 Å². The van der Waals surface area contributed by atoms with Crippen molar-refractivity contribution in [3.8, 4) is 23.1 Å². The third kappa shape index (κ3) is 4.74. The Morgan fingerprint density at radius 3 is 2.63 bits per heavy atom. The average Bonchev–Trinajstić information content (AvgIpc) is 3.39. The van der Waals surface area contributed by atoms with Gasteiger partial charge in [0.25, 0.3) is 5.91 Å². The Labute approximate surface area is 215 Å². The molecule has 0 radical (unpaired) electrons. The number of carbonyl (C=O) groups excluding carboxylic acids is 2. The normalized spacial score (nSPS) is 17.4. The summed E-state index contributed by atoms with van der Waals surface area (Å²) in [5, 5.41) is 14.4. The molecule has 0 atom stereocenters. The lowest BCUT2D eigenvalue weighted by molar-refractivity contribution is -0.139. The number of imide groups is 1. The van der Waals surface area contributed by atoms with Crippen molar-refractivity contribution in [3.63, 3.8) is 0 Å². The number of nitrogens with one attached hydrogen (secondary N) is 2. The molecule has 38 heavy (non-hydrogen) atoms. The van der Waals surface area contributed by atoms with Gasteiger partial charge in [0.15, 0.2) is 5.69 Å². The number of carbonyl (C=O) groups is 2. The minimum atomic E-state index is -4.66. The first-order valence-corrected chi connectivity index (χ1v) is 12.0.